The number of nitrogens with one attached hydrogen (secondary N) is 1. The van der Waals surface area contributed by atoms with Crippen LogP contribution in [-0.2, 0) is 16.0 Å². The van der Waals surface area contributed by atoms with Crippen LogP contribution in [0.1, 0.15) is 34.1 Å². The minimum Gasteiger partial charge on any atom is -0.466 e. The number of halogens is 1. The van der Waals surface area contributed by atoms with Gasteiger partial charge in [0.15, 0.2) is 0 Å². The van der Waals surface area contributed by atoms with E-state index in [0.29, 0.717) is 29.3 Å². The number of pyridine rings is 1. The summed E-state index contributed by atoms with van der Waals surface area (Å²) in [4.78, 5) is 29.2. The van der Waals surface area contributed by atoms with Crippen molar-refractivity contribution in [1.29, 1.82) is 0 Å². The van der Waals surface area contributed by atoms with E-state index in [1.807, 2.05) is 38.1 Å². The lowest BCUT2D eigenvalue weighted by atomic mass is 10.1. The summed E-state index contributed by atoms with van der Waals surface area (Å²) in [6.07, 6.45) is 1.78. The van der Waals surface area contributed by atoms with E-state index >= 15 is 0 Å². The number of fused-ring (bicyclic) bond motifs is 1. The number of aryl methyl sites for hydroxylation is 2. The minimum atomic E-state index is -0.387. The van der Waals surface area contributed by atoms with Crippen LogP contribution in [0.3, 0.4) is 0 Å². The third-order valence-electron chi connectivity index (χ3n) is 4.27. The predicted molar refractivity (Wildman–Crippen MR) is 107 cm³/mol. The molecule has 3 aromatic rings. The standard InChI is InChI=1S/C20H20BrN3O3/c1-4-27-18(25)10-16-19(24-11-15(21)7-8-17(24)22-16)23-20(26)14-6-5-12(2)13(3)9-14/h5-9,11H,4,10H2,1-3H3,(H,23,26). The van der Waals surface area contributed by atoms with Gasteiger partial charge in [0.25, 0.3) is 5.91 Å². The second kappa shape index (κ2) is 7.92. The molecule has 2 heterocycles. The van der Waals surface area contributed by atoms with E-state index in [9.17, 15) is 9.59 Å². The van der Waals surface area contributed by atoms with Crippen molar-refractivity contribution in [3.05, 3.63) is 63.4 Å². The molecule has 0 bridgehead atoms. The molecule has 0 aliphatic carbocycles. The number of esters is 1. The van der Waals surface area contributed by atoms with Crippen LogP contribution in [0.2, 0.25) is 0 Å². The fourth-order valence-electron chi connectivity index (χ4n) is 2.73. The Hall–Kier alpha value is -2.67. The Morgan fingerprint density at radius 2 is 1.96 bits per heavy atom. The number of carbonyl (C=O) groups is 2. The number of nitrogens with zero attached hydrogens (tertiary/aromatic N) is 2. The van der Waals surface area contributed by atoms with Gasteiger partial charge in [0.05, 0.1) is 18.7 Å². The highest BCUT2D eigenvalue weighted by Crippen LogP contribution is 2.23. The van der Waals surface area contributed by atoms with Gasteiger partial charge in [-0.05, 0) is 72.1 Å². The van der Waals surface area contributed by atoms with E-state index in [1.165, 1.54) is 0 Å². The van der Waals surface area contributed by atoms with Crippen molar-refractivity contribution in [3.8, 4) is 0 Å². The lowest BCUT2D eigenvalue weighted by molar-refractivity contribution is -0.142. The molecule has 0 unspecified atom stereocenters. The maximum Gasteiger partial charge on any atom is 0.312 e. The normalized spacial score (nSPS) is 10.8. The zero-order chi connectivity index (χ0) is 19.6. The van der Waals surface area contributed by atoms with Gasteiger partial charge in [-0.25, -0.2) is 4.98 Å². The first-order valence-electron chi connectivity index (χ1n) is 8.59. The van der Waals surface area contributed by atoms with Crippen LogP contribution >= 0.6 is 15.9 Å². The quantitative estimate of drug-likeness (QED) is 0.620. The largest absolute Gasteiger partial charge is 0.466 e. The average molecular weight is 430 g/mol. The Morgan fingerprint density at radius 1 is 1.19 bits per heavy atom. The molecule has 0 atom stereocenters. The zero-order valence-electron chi connectivity index (χ0n) is 15.4. The molecule has 0 spiro atoms. The molecule has 2 aromatic heterocycles. The number of benzene rings is 1. The predicted octanol–water partition coefficient (Wildman–Crippen LogP) is 4.07. The highest BCUT2D eigenvalue weighted by atomic mass is 79.9. The van der Waals surface area contributed by atoms with Crippen LogP contribution < -0.4 is 5.32 Å². The lowest BCUT2D eigenvalue weighted by Crippen LogP contribution is -2.16. The lowest BCUT2D eigenvalue weighted by Gasteiger charge is -2.09. The van der Waals surface area contributed by atoms with Gasteiger partial charge in [0.2, 0.25) is 0 Å². The van der Waals surface area contributed by atoms with Crippen LogP contribution in [-0.4, -0.2) is 27.9 Å². The van der Waals surface area contributed by atoms with E-state index in [0.717, 1.165) is 15.6 Å². The maximum atomic E-state index is 12.8. The Bertz CT molecular complexity index is 1030. The Balaban J connectivity index is 1.99. The van der Waals surface area contributed by atoms with Crippen molar-refractivity contribution in [1.82, 2.24) is 9.38 Å². The molecule has 0 fully saturated rings. The molecular weight excluding hydrogens is 410 g/mol. The summed E-state index contributed by atoms with van der Waals surface area (Å²) in [6, 6.07) is 9.20. The maximum absolute atomic E-state index is 12.8. The monoisotopic (exact) mass is 429 g/mol. The van der Waals surface area contributed by atoms with Gasteiger partial charge in [-0.2, -0.15) is 0 Å². The number of anilines is 1. The summed E-state index contributed by atoms with van der Waals surface area (Å²) in [6.45, 7) is 6.00. The van der Waals surface area contributed by atoms with Crippen molar-refractivity contribution in [2.75, 3.05) is 11.9 Å². The first-order valence-corrected chi connectivity index (χ1v) is 9.39. The number of rotatable bonds is 5. The van der Waals surface area contributed by atoms with Crippen LogP contribution in [0.4, 0.5) is 5.82 Å². The van der Waals surface area contributed by atoms with Crippen molar-refractivity contribution >= 4 is 39.3 Å². The van der Waals surface area contributed by atoms with Crippen molar-refractivity contribution in [3.63, 3.8) is 0 Å². The number of aromatic nitrogens is 2. The van der Waals surface area contributed by atoms with Crippen LogP contribution in [0.25, 0.3) is 5.65 Å². The van der Waals surface area contributed by atoms with Crippen LogP contribution in [0, 0.1) is 13.8 Å². The topological polar surface area (TPSA) is 72.7 Å². The van der Waals surface area contributed by atoms with Gasteiger partial charge in [-0.15, -0.1) is 0 Å². The van der Waals surface area contributed by atoms with Gasteiger partial charge in [-0.3, -0.25) is 14.0 Å². The third-order valence-corrected chi connectivity index (χ3v) is 4.74. The highest BCUT2D eigenvalue weighted by molar-refractivity contribution is 9.10. The van der Waals surface area contributed by atoms with Crippen LogP contribution in [0.15, 0.2) is 41.0 Å². The van der Waals surface area contributed by atoms with E-state index in [-0.39, 0.29) is 18.3 Å². The molecule has 0 aliphatic rings. The first kappa shape index (κ1) is 19.1. The van der Waals surface area contributed by atoms with Crippen molar-refractivity contribution in [2.24, 2.45) is 0 Å². The summed E-state index contributed by atoms with van der Waals surface area (Å²) in [5.74, 6) is -0.186. The summed E-state index contributed by atoms with van der Waals surface area (Å²) < 4.78 is 7.61. The van der Waals surface area contributed by atoms with Gasteiger partial charge < -0.3 is 10.1 Å². The number of ether oxygens (including phenoxy) is 1. The summed E-state index contributed by atoms with van der Waals surface area (Å²) in [7, 11) is 0. The zero-order valence-corrected chi connectivity index (χ0v) is 17.0. The van der Waals surface area contributed by atoms with Crippen molar-refractivity contribution < 1.29 is 14.3 Å². The molecule has 0 saturated carbocycles. The Morgan fingerprint density at radius 3 is 2.67 bits per heavy atom. The highest BCUT2D eigenvalue weighted by Gasteiger charge is 2.19. The summed E-state index contributed by atoms with van der Waals surface area (Å²) in [5, 5.41) is 2.90. The van der Waals surface area contributed by atoms with Gasteiger partial charge in [0.1, 0.15) is 11.5 Å². The SMILES string of the molecule is CCOC(=O)Cc1nc2ccc(Br)cn2c1NC(=O)c1ccc(C)c(C)c1. The van der Waals surface area contributed by atoms with E-state index in [4.69, 9.17) is 4.74 Å². The number of hydrogen-bond donors (Lipinski definition) is 1. The molecule has 3 rings (SSSR count). The fraction of sp³-hybridized carbons (Fsp3) is 0.250. The Labute approximate surface area is 165 Å². The average Bonchev–Trinajstić information content (AvgIpc) is 2.94. The molecule has 0 saturated heterocycles. The first-order chi connectivity index (χ1) is 12.9. The van der Waals surface area contributed by atoms with Gasteiger partial charge in [-0.1, -0.05) is 6.07 Å². The van der Waals surface area contributed by atoms with E-state index < -0.39 is 0 Å². The number of carbonyl (C=O) groups excluding carboxylic acids is 2. The van der Waals surface area contributed by atoms with Gasteiger partial charge >= 0.3 is 5.97 Å². The second-order valence-corrected chi connectivity index (χ2v) is 7.13. The molecule has 1 aromatic carbocycles. The molecule has 0 aliphatic heterocycles. The molecular formula is C20H20BrN3O3. The fourth-order valence-corrected chi connectivity index (χ4v) is 3.07. The number of hydrogen-bond acceptors (Lipinski definition) is 4. The molecule has 140 valence electrons. The van der Waals surface area contributed by atoms with Gasteiger partial charge in [0, 0.05) is 16.2 Å². The van der Waals surface area contributed by atoms with Crippen molar-refractivity contribution in [2.45, 2.75) is 27.2 Å². The molecule has 1 amide bonds. The molecule has 0 radical (unpaired) electrons. The molecule has 1 N–H and O–H groups in total. The number of imidazole rings is 1. The molecule has 6 nitrogen and oxygen atoms in total. The molecule has 7 heteroatoms. The number of amides is 1. The minimum absolute atomic E-state index is 0.0182. The smallest absolute Gasteiger partial charge is 0.312 e. The molecule has 27 heavy (non-hydrogen) atoms. The third kappa shape index (κ3) is 4.19. The Kier molecular flexibility index (Phi) is 5.60. The van der Waals surface area contributed by atoms with Crippen LogP contribution in [0.5, 0.6) is 0 Å². The summed E-state index contributed by atoms with van der Waals surface area (Å²) in [5.41, 5.74) is 3.80. The van der Waals surface area contributed by atoms with E-state index in [2.05, 4.69) is 26.2 Å². The van der Waals surface area contributed by atoms with E-state index in [1.54, 1.807) is 23.6 Å². The summed E-state index contributed by atoms with van der Waals surface area (Å²) >= 11 is 3.43. The second-order valence-electron chi connectivity index (χ2n) is 6.22.